The number of carbonyl (C=O) groups is 1. The summed E-state index contributed by atoms with van der Waals surface area (Å²) in [5.74, 6) is 0. The van der Waals surface area contributed by atoms with Crippen molar-refractivity contribution in [2.45, 2.75) is 83.8 Å². The Hall–Kier alpha value is -0.853. The van der Waals surface area contributed by atoms with Gasteiger partial charge in [0.15, 0.2) is 8.32 Å². The number of aliphatic hydroxyl groups is 1. The van der Waals surface area contributed by atoms with Crippen LogP contribution in [0.2, 0.25) is 18.1 Å². The number of rotatable bonds is 4. The summed E-state index contributed by atoms with van der Waals surface area (Å²) in [6.07, 6.45) is 0.237. The first-order chi connectivity index (χ1) is 10.7. The minimum Gasteiger partial charge on any atom is -0.444 e. The monoisotopic (exact) mass is 357 g/mol. The predicted octanol–water partition coefficient (Wildman–Crippen LogP) is 3.93. The third-order valence-electron chi connectivity index (χ3n) is 4.83. The second-order valence-electron chi connectivity index (χ2n) is 9.20. The third kappa shape index (κ3) is 5.33. The smallest absolute Gasteiger partial charge is 0.410 e. The van der Waals surface area contributed by atoms with Gasteiger partial charge in [0.1, 0.15) is 5.60 Å². The van der Waals surface area contributed by atoms with Crippen LogP contribution in [0.3, 0.4) is 0 Å². The standard InChI is InChI=1S/C18H35NO4Si/c1-13(12-20)15-10-14(23-24(8,9)18(5,6)7)11-19(15)16(21)22-17(2,3)4/h14-15,20H,1,10-12H2,2-9H3. The molecule has 1 amide bonds. The maximum absolute atomic E-state index is 12.5. The SMILES string of the molecule is C=C(CO)C1CC(O[Si](C)(C)C(C)(C)C)CN1C(=O)OC(C)(C)C. The van der Waals surface area contributed by atoms with Crippen LogP contribution >= 0.6 is 0 Å². The van der Waals surface area contributed by atoms with E-state index in [2.05, 4.69) is 40.4 Å². The van der Waals surface area contributed by atoms with Crippen molar-refractivity contribution in [2.24, 2.45) is 0 Å². The number of hydrogen-bond acceptors (Lipinski definition) is 4. The molecule has 0 aliphatic carbocycles. The van der Waals surface area contributed by atoms with Crippen LogP contribution in [0.1, 0.15) is 48.0 Å². The molecule has 24 heavy (non-hydrogen) atoms. The van der Waals surface area contributed by atoms with Crippen molar-refractivity contribution in [3.05, 3.63) is 12.2 Å². The number of likely N-dealkylation sites (tertiary alicyclic amines) is 1. The highest BCUT2D eigenvalue weighted by Gasteiger charge is 2.44. The van der Waals surface area contributed by atoms with E-state index in [0.29, 0.717) is 18.5 Å². The van der Waals surface area contributed by atoms with Crippen LogP contribution < -0.4 is 0 Å². The summed E-state index contributed by atoms with van der Waals surface area (Å²) in [5, 5.41) is 9.57. The zero-order valence-corrected chi connectivity index (χ0v) is 17.6. The predicted molar refractivity (Wildman–Crippen MR) is 99.6 cm³/mol. The third-order valence-corrected chi connectivity index (χ3v) is 9.37. The lowest BCUT2D eigenvalue weighted by Crippen LogP contribution is -2.45. The first kappa shape index (κ1) is 21.2. The van der Waals surface area contributed by atoms with Crippen LogP contribution in [0.15, 0.2) is 12.2 Å². The van der Waals surface area contributed by atoms with Gasteiger partial charge in [-0.3, -0.25) is 4.90 Å². The fraction of sp³-hybridized carbons (Fsp3) is 0.833. The van der Waals surface area contributed by atoms with Crippen LogP contribution in [0, 0.1) is 0 Å². The molecule has 1 N–H and O–H groups in total. The fourth-order valence-corrected chi connectivity index (χ4v) is 3.85. The molecule has 0 aromatic carbocycles. The van der Waals surface area contributed by atoms with Crippen molar-refractivity contribution in [3.8, 4) is 0 Å². The number of nitrogens with zero attached hydrogens (tertiary/aromatic N) is 1. The van der Waals surface area contributed by atoms with Gasteiger partial charge in [0.05, 0.1) is 18.8 Å². The van der Waals surface area contributed by atoms with Crippen LogP contribution in [0.5, 0.6) is 0 Å². The molecule has 1 fully saturated rings. The fourth-order valence-electron chi connectivity index (χ4n) is 2.49. The molecule has 2 unspecified atom stereocenters. The number of hydrogen-bond donors (Lipinski definition) is 1. The molecule has 6 heteroatoms. The summed E-state index contributed by atoms with van der Waals surface area (Å²) in [6.45, 7) is 20.8. The average molecular weight is 358 g/mol. The molecule has 2 atom stereocenters. The van der Waals surface area contributed by atoms with Crippen LogP contribution in [0.25, 0.3) is 0 Å². The van der Waals surface area contributed by atoms with E-state index in [4.69, 9.17) is 9.16 Å². The Morgan fingerprint density at radius 2 is 1.79 bits per heavy atom. The van der Waals surface area contributed by atoms with Gasteiger partial charge < -0.3 is 14.3 Å². The van der Waals surface area contributed by atoms with Crippen molar-refractivity contribution in [2.75, 3.05) is 13.2 Å². The van der Waals surface area contributed by atoms with Crippen molar-refractivity contribution in [1.82, 2.24) is 4.90 Å². The summed E-state index contributed by atoms with van der Waals surface area (Å²) in [5.41, 5.74) is 0.0720. The van der Waals surface area contributed by atoms with Crippen molar-refractivity contribution in [3.63, 3.8) is 0 Å². The molecule has 0 radical (unpaired) electrons. The minimum absolute atomic E-state index is 0.0493. The highest BCUT2D eigenvalue weighted by molar-refractivity contribution is 6.74. The summed E-state index contributed by atoms with van der Waals surface area (Å²) < 4.78 is 12.0. The summed E-state index contributed by atoms with van der Waals surface area (Å²) in [7, 11) is -1.93. The molecule has 140 valence electrons. The average Bonchev–Trinajstić information content (AvgIpc) is 2.77. The molecule has 1 heterocycles. The van der Waals surface area contributed by atoms with Crippen molar-refractivity contribution < 1.29 is 19.1 Å². The topological polar surface area (TPSA) is 59.0 Å². The molecule has 1 aliphatic heterocycles. The largest absolute Gasteiger partial charge is 0.444 e. The maximum atomic E-state index is 12.5. The molecule has 0 saturated carbocycles. The molecule has 1 rings (SSSR count). The Morgan fingerprint density at radius 1 is 1.25 bits per heavy atom. The zero-order chi connectivity index (χ0) is 18.9. The Balaban J connectivity index is 2.92. The lowest BCUT2D eigenvalue weighted by Gasteiger charge is -2.38. The maximum Gasteiger partial charge on any atom is 0.410 e. The van der Waals surface area contributed by atoms with E-state index in [0.717, 1.165) is 0 Å². The Kier molecular flexibility index (Phi) is 6.34. The van der Waals surface area contributed by atoms with Crippen LogP contribution in [-0.2, 0) is 9.16 Å². The molecule has 0 aromatic heterocycles. The zero-order valence-electron chi connectivity index (χ0n) is 16.6. The molecule has 0 aromatic rings. The molecule has 0 bridgehead atoms. The first-order valence-electron chi connectivity index (χ1n) is 8.64. The summed E-state index contributed by atoms with van der Waals surface area (Å²) in [4.78, 5) is 14.2. The molecule has 1 aliphatic rings. The van der Waals surface area contributed by atoms with Gasteiger partial charge in [0, 0.05) is 6.54 Å². The van der Waals surface area contributed by atoms with Gasteiger partial charge >= 0.3 is 6.09 Å². The summed E-state index contributed by atoms with van der Waals surface area (Å²) >= 11 is 0. The van der Waals surface area contributed by atoms with Gasteiger partial charge in [-0.05, 0) is 50.9 Å². The van der Waals surface area contributed by atoms with Gasteiger partial charge in [-0.15, -0.1) is 0 Å². The Morgan fingerprint density at radius 3 is 2.21 bits per heavy atom. The van der Waals surface area contributed by atoms with Crippen LogP contribution in [-0.4, -0.2) is 55.3 Å². The van der Waals surface area contributed by atoms with Crippen molar-refractivity contribution >= 4 is 14.4 Å². The highest BCUT2D eigenvalue weighted by atomic mass is 28.4. The van der Waals surface area contributed by atoms with E-state index < -0.39 is 13.9 Å². The molecular weight excluding hydrogens is 322 g/mol. The van der Waals surface area contributed by atoms with Crippen molar-refractivity contribution in [1.29, 1.82) is 0 Å². The van der Waals surface area contributed by atoms with E-state index in [-0.39, 0.29) is 29.9 Å². The molecule has 5 nitrogen and oxygen atoms in total. The normalized spacial score (nSPS) is 22.6. The lowest BCUT2D eigenvalue weighted by atomic mass is 10.1. The van der Waals surface area contributed by atoms with E-state index in [1.54, 1.807) is 4.90 Å². The van der Waals surface area contributed by atoms with Gasteiger partial charge in [0.25, 0.3) is 0 Å². The van der Waals surface area contributed by atoms with Gasteiger partial charge in [-0.1, -0.05) is 27.4 Å². The van der Waals surface area contributed by atoms with E-state index in [1.165, 1.54) is 0 Å². The molecular formula is C18H35NO4Si. The summed E-state index contributed by atoms with van der Waals surface area (Å²) in [6, 6.07) is -0.236. The lowest BCUT2D eigenvalue weighted by molar-refractivity contribution is 0.0226. The Bertz CT molecular complexity index is 476. The number of aliphatic hydroxyl groups excluding tert-OH is 1. The molecule has 1 saturated heterocycles. The molecule has 0 spiro atoms. The second-order valence-corrected chi connectivity index (χ2v) is 14.0. The number of amides is 1. The van der Waals surface area contributed by atoms with E-state index >= 15 is 0 Å². The van der Waals surface area contributed by atoms with Gasteiger partial charge in [0.2, 0.25) is 0 Å². The first-order valence-corrected chi connectivity index (χ1v) is 11.5. The Labute approximate surface area is 148 Å². The van der Waals surface area contributed by atoms with E-state index in [1.807, 2.05) is 20.8 Å². The highest BCUT2D eigenvalue weighted by Crippen LogP contribution is 2.39. The number of ether oxygens (including phenoxy) is 1. The van der Waals surface area contributed by atoms with E-state index in [9.17, 15) is 9.90 Å². The van der Waals surface area contributed by atoms with Gasteiger partial charge in [-0.2, -0.15) is 0 Å². The number of carbonyl (C=O) groups excluding carboxylic acids is 1. The quantitative estimate of drug-likeness (QED) is 0.612. The van der Waals surface area contributed by atoms with Gasteiger partial charge in [-0.25, -0.2) is 4.79 Å². The van der Waals surface area contributed by atoms with Crippen LogP contribution in [0.4, 0.5) is 4.79 Å². The second kappa shape index (κ2) is 7.18. The minimum atomic E-state index is -1.93.